The highest BCUT2D eigenvalue weighted by Crippen LogP contribution is 2.24. The topological polar surface area (TPSA) is 84.1 Å². The van der Waals surface area contributed by atoms with E-state index in [9.17, 15) is 0 Å². The van der Waals surface area contributed by atoms with Crippen LogP contribution in [0.15, 0.2) is 6.20 Å². The van der Waals surface area contributed by atoms with Crippen LogP contribution in [0, 0.1) is 0 Å². The van der Waals surface area contributed by atoms with Gasteiger partial charge < -0.3 is 16.2 Å². The Kier molecular flexibility index (Phi) is 4.32. The van der Waals surface area contributed by atoms with Gasteiger partial charge in [-0.05, 0) is 31.4 Å². The summed E-state index contributed by atoms with van der Waals surface area (Å²) in [7, 11) is 0. The van der Waals surface area contributed by atoms with E-state index in [0.29, 0.717) is 17.9 Å². The zero-order valence-electron chi connectivity index (χ0n) is 9.50. The van der Waals surface area contributed by atoms with Crippen LogP contribution in [0.1, 0.15) is 26.7 Å². The first kappa shape index (κ1) is 13.0. The summed E-state index contributed by atoms with van der Waals surface area (Å²) in [5, 5.41) is 12.4. The summed E-state index contributed by atoms with van der Waals surface area (Å²) in [5.74, 6) is 0.512. The van der Waals surface area contributed by atoms with Crippen molar-refractivity contribution in [2.75, 3.05) is 17.7 Å². The van der Waals surface area contributed by atoms with Crippen molar-refractivity contribution in [3.8, 4) is 0 Å². The number of nitrogen functional groups attached to an aromatic ring is 1. The quantitative estimate of drug-likeness (QED) is 0.687. The highest BCUT2D eigenvalue weighted by atomic mass is 35.5. The molecule has 0 saturated carbocycles. The van der Waals surface area contributed by atoms with E-state index in [1.54, 1.807) is 0 Å². The molecule has 0 radical (unpaired) electrons. The van der Waals surface area contributed by atoms with Crippen molar-refractivity contribution in [2.45, 2.75) is 32.2 Å². The predicted octanol–water partition coefficient (Wildman–Crippen LogP) is 1.68. The smallest absolute Gasteiger partial charge is 0.224 e. The first-order valence-corrected chi connectivity index (χ1v) is 5.55. The Hall–Kier alpha value is -1.07. The standard InChI is InChI=1S/C10H17ClN4O/c1-3-10(2,4-5-16)15-8-7(12)6-13-9(11)14-8/h6,16H,3-5,12H2,1-2H3,(H,13,14,15). The molecule has 1 rings (SSSR count). The van der Waals surface area contributed by atoms with Crippen molar-refractivity contribution >= 4 is 23.1 Å². The third kappa shape index (κ3) is 3.21. The number of nitrogens with zero attached hydrogens (tertiary/aromatic N) is 2. The molecule has 90 valence electrons. The van der Waals surface area contributed by atoms with Gasteiger partial charge in [-0.1, -0.05) is 6.92 Å². The molecule has 5 nitrogen and oxygen atoms in total. The minimum atomic E-state index is -0.249. The molecule has 0 aromatic carbocycles. The van der Waals surface area contributed by atoms with Gasteiger partial charge in [-0.3, -0.25) is 0 Å². The van der Waals surface area contributed by atoms with E-state index in [4.69, 9.17) is 22.4 Å². The Morgan fingerprint density at radius 1 is 1.62 bits per heavy atom. The van der Waals surface area contributed by atoms with Crippen LogP contribution in [0.3, 0.4) is 0 Å². The highest BCUT2D eigenvalue weighted by Gasteiger charge is 2.22. The van der Waals surface area contributed by atoms with Gasteiger partial charge in [0, 0.05) is 12.1 Å². The second kappa shape index (κ2) is 5.32. The van der Waals surface area contributed by atoms with Crippen LogP contribution in [0.5, 0.6) is 0 Å². The summed E-state index contributed by atoms with van der Waals surface area (Å²) in [6.07, 6.45) is 2.92. The van der Waals surface area contributed by atoms with Crippen LogP contribution in [-0.4, -0.2) is 27.2 Å². The summed E-state index contributed by atoms with van der Waals surface area (Å²) in [4.78, 5) is 7.81. The van der Waals surface area contributed by atoms with Gasteiger partial charge in [0.25, 0.3) is 0 Å². The Morgan fingerprint density at radius 3 is 2.88 bits per heavy atom. The lowest BCUT2D eigenvalue weighted by atomic mass is 9.95. The number of anilines is 2. The molecule has 1 aromatic heterocycles. The molecule has 1 aromatic rings. The zero-order chi connectivity index (χ0) is 12.2. The van der Waals surface area contributed by atoms with Gasteiger partial charge in [0.15, 0.2) is 5.82 Å². The number of halogens is 1. The summed E-state index contributed by atoms with van der Waals surface area (Å²) >= 11 is 5.70. The molecule has 1 atom stereocenters. The van der Waals surface area contributed by atoms with Crippen molar-refractivity contribution in [1.29, 1.82) is 0 Å². The van der Waals surface area contributed by atoms with Crippen LogP contribution < -0.4 is 11.1 Å². The molecule has 4 N–H and O–H groups in total. The Labute approximate surface area is 100 Å². The van der Waals surface area contributed by atoms with E-state index in [-0.39, 0.29) is 17.4 Å². The molecular weight excluding hydrogens is 228 g/mol. The van der Waals surface area contributed by atoms with E-state index in [1.165, 1.54) is 6.20 Å². The van der Waals surface area contributed by atoms with Crippen molar-refractivity contribution in [3.05, 3.63) is 11.5 Å². The van der Waals surface area contributed by atoms with Crippen molar-refractivity contribution in [2.24, 2.45) is 0 Å². The lowest BCUT2D eigenvalue weighted by Gasteiger charge is -2.30. The van der Waals surface area contributed by atoms with Crippen LogP contribution in [-0.2, 0) is 0 Å². The van der Waals surface area contributed by atoms with Gasteiger partial charge in [0.1, 0.15) is 0 Å². The fourth-order valence-electron chi connectivity index (χ4n) is 1.33. The zero-order valence-corrected chi connectivity index (χ0v) is 10.3. The summed E-state index contributed by atoms with van der Waals surface area (Å²) in [6, 6.07) is 0. The average Bonchev–Trinajstić information content (AvgIpc) is 2.24. The molecule has 1 heterocycles. The average molecular weight is 245 g/mol. The molecule has 0 amide bonds. The maximum absolute atomic E-state index is 9.00. The molecule has 0 bridgehead atoms. The first-order chi connectivity index (χ1) is 7.50. The molecule has 16 heavy (non-hydrogen) atoms. The Balaban J connectivity index is 2.89. The highest BCUT2D eigenvalue weighted by molar-refractivity contribution is 6.28. The third-order valence-electron chi connectivity index (χ3n) is 2.65. The number of aromatic nitrogens is 2. The van der Waals surface area contributed by atoms with E-state index < -0.39 is 0 Å². The molecular formula is C10H17ClN4O. The molecule has 0 aliphatic heterocycles. The van der Waals surface area contributed by atoms with Crippen molar-refractivity contribution in [1.82, 2.24) is 9.97 Å². The predicted molar refractivity (Wildman–Crippen MR) is 65.5 cm³/mol. The molecule has 0 aliphatic rings. The first-order valence-electron chi connectivity index (χ1n) is 5.18. The van der Waals surface area contributed by atoms with Crippen LogP contribution in [0.25, 0.3) is 0 Å². The van der Waals surface area contributed by atoms with Gasteiger partial charge >= 0.3 is 0 Å². The Morgan fingerprint density at radius 2 is 2.31 bits per heavy atom. The summed E-state index contributed by atoms with van der Waals surface area (Å²) < 4.78 is 0. The van der Waals surface area contributed by atoms with Gasteiger partial charge in [0.05, 0.1) is 11.9 Å². The maximum Gasteiger partial charge on any atom is 0.224 e. The van der Waals surface area contributed by atoms with E-state index >= 15 is 0 Å². The molecule has 6 heteroatoms. The number of hydrogen-bond acceptors (Lipinski definition) is 5. The molecule has 0 spiro atoms. The van der Waals surface area contributed by atoms with Crippen molar-refractivity contribution in [3.63, 3.8) is 0 Å². The van der Waals surface area contributed by atoms with Gasteiger partial charge in [0.2, 0.25) is 5.28 Å². The van der Waals surface area contributed by atoms with E-state index in [0.717, 1.165) is 6.42 Å². The molecule has 0 aliphatic carbocycles. The van der Waals surface area contributed by atoms with Gasteiger partial charge in [-0.15, -0.1) is 0 Å². The second-order valence-corrected chi connectivity index (χ2v) is 4.29. The number of aliphatic hydroxyl groups is 1. The molecule has 0 saturated heterocycles. The number of hydrogen-bond donors (Lipinski definition) is 3. The summed E-state index contributed by atoms with van der Waals surface area (Å²) in [5.41, 5.74) is 5.94. The summed E-state index contributed by atoms with van der Waals surface area (Å²) in [6.45, 7) is 4.14. The van der Waals surface area contributed by atoms with E-state index in [2.05, 4.69) is 15.3 Å². The van der Waals surface area contributed by atoms with Gasteiger partial charge in [-0.25, -0.2) is 4.98 Å². The fraction of sp³-hybridized carbons (Fsp3) is 0.600. The second-order valence-electron chi connectivity index (χ2n) is 3.96. The monoisotopic (exact) mass is 244 g/mol. The van der Waals surface area contributed by atoms with Crippen LogP contribution in [0.2, 0.25) is 5.28 Å². The number of aliphatic hydroxyl groups excluding tert-OH is 1. The van der Waals surface area contributed by atoms with E-state index in [1.807, 2.05) is 13.8 Å². The molecule has 1 unspecified atom stereocenters. The largest absolute Gasteiger partial charge is 0.396 e. The van der Waals surface area contributed by atoms with Crippen LogP contribution in [0.4, 0.5) is 11.5 Å². The number of nitrogens with one attached hydrogen (secondary N) is 1. The lowest BCUT2D eigenvalue weighted by molar-refractivity contribution is 0.252. The Bertz CT molecular complexity index is 361. The maximum atomic E-state index is 9.00. The number of rotatable bonds is 5. The van der Waals surface area contributed by atoms with Crippen LogP contribution >= 0.6 is 11.6 Å². The molecule has 0 fully saturated rings. The normalized spacial score (nSPS) is 14.5. The van der Waals surface area contributed by atoms with Gasteiger partial charge in [-0.2, -0.15) is 4.98 Å². The minimum Gasteiger partial charge on any atom is -0.396 e. The van der Waals surface area contributed by atoms with Crippen molar-refractivity contribution < 1.29 is 5.11 Å². The number of nitrogens with two attached hydrogens (primary N) is 1. The SMILES string of the molecule is CCC(C)(CCO)Nc1nc(Cl)ncc1N. The fourth-order valence-corrected chi connectivity index (χ4v) is 1.46. The third-order valence-corrected chi connectivity index (χ3v) is 2.83. The minimum absolute atomic E-state index is 0.107. The lowest BCUT2D eigenvalue weighted by Crippen LogP contribution is -2.35.